The predicted molar refractivity (Wildman–Crippen MR) is 51.9 cm³/mol. The molecule has 1 aliphatic heterocycles. The molecule has 0 aromatic rings. The molecule has 12 heavy (non-hydrogen) atoms. The van der Waals surface area contributed by atoms with Crippen LogP contribution in [0.25, 0.3) is 0 Å². The average Bonchev–Trinajstić information content (AvgIpc) is 2.14. The smallest absolute Gasteiger partial charge is 0.0574 e. The van der Waals surface area contributed by atoms with Gasteiger partial charge >= 0.3 is 0 Å². The van der Waals surface area contributed by atoms with E-state index < -0.39 is 0 Å². The van der Waals surface area contributed by atoms with Crippen LogP contribution < -0.4 is 10.6 Å². The highest BCUT2D eigenvalue weighted by Gasteiger charge is 2.10. The Hall–Kier alpha value is -0.520. The predicted octanol–water partition coefficient (Wildman–Crippen LogP) is 0.599. The summed E-state index contributed by atoms with van der Waals surface area (Å²) in [5.74, 6) is 7.09. The molecule has 68 valence electrons. The molecule has 0 aliphatic carbocycles. The minimum Gasteiger partial charge on any atom is -0.316 e. The fraction of sp³-hybridized carbons (Fsp3) is 0.800. The van der Waals surface area contributed by atoms with Crippen LogP contribution in [0.3, 0.4) is 0 Å². The molecule has 0 radical (unpaired) electrons. The van der Waals surface area contributed by atoms with Crippen molar-refractivity contribution >= 4 is 0 Å². The molecule has 1 unspecified atom stereocenters. The number of hydrogen-bond acceptors (Lipinski definition) is 2. The molecule has 1 atom stereocenters. The summed E-state index contributed by atoms with van der Waals surface area (Å²) in [5, 5.41) is 6.41. The van der Waals surface area contributed by atoms with Crippen molar-refractivity contribution in [3.63, 3.8) is 0 Å². The van der Waals surface area contributed by atoms with E-state index in [4.69, 9.17) is 0 Å². The van der Waals surface area contributed by atoms with E-state index in [1.807, 2.05) is 7.05 Å². The van der Waals surface area contributed by atoms with E-state index in [2.05, 4.69) is 22.5 Å². The van der Waals surface area contributed by atoms with Crippen LogP contribution in [-0.4, -0.2) is 26.7 Å². The Labute approximate surface area is 75.1 Å². The van der Waals surface area contributed by atoms with Gasteiger partial charge in [0.15, 0.2) is 0 Å². The topological polar surface area (TPSA) is 24.1 Å². The fourth-order valence-corrected chi connectivity index (χ4v) is 1.47. The highest BCUT2D eigenvalue weighted by molar-refractivity contribution is 5.01. The maximum absolute atomic E-state index is 3.39. The zero-order chi connectivity index (χ0) is 8.65. The van der Waals surface area contributed by atoms with Gasteiger partial charge in [-0.15, -0.1) is 5.92 Å². The summed E-state index contributed by atoms with van der Waals surface area (Å²) in [6.07, 6.45) is 3.73. The first kappa shape index (κ1) is 9.57. The summed E-state index contributed by atoms with van der Waals surface area (Å²) in [5.41, 5.74) is 0. The molecule has 2 heteroatoms. The molecule has 0 saturated carbocycles. The molecular weight excluding hydrogens is 148 g/mol. The van der Waals surface area contributed by atoms with Gasteiger partial charge in [-0.2, -0.15) is 0 Å². The Bertz CT molecular complexity index is 160. The second-order valence-electron chi connectivity index (χ2n) is 3.30. The van der Waals surface area contributed by atoms with Crippen molar-refractivity contribution in [2.45, 2.75) is 19.3 Å². The van der Waals surface area contributed by atoms with Crippen molar-refractivity contribution in [2.75, 3.05) is 26.7 Å². The standard InChI is InChI=1S/C10H18N2/c1-11-7-3-2-5-10-6-4-8-12-9-10/h10-12H,4-9H2,1H3. The fourth-order valence-electron chi connectivity index (χ4n) is 1.47. The SMILES string of the molecule is CNCC#CCC1CCCNC1. The van der Waals surface area contributed by atoms with Crippen molar-refractivity contribution in [1.82, 2.24) is 10.6 Å². The Kier molecular flexibility index (Phi) is 4.82. The normalized spacial score (nSPS) is 22.9. The largest absolute Gasteiger partial charge is 0.316 e. The van der Waals surface area contributed by atoms with Crippen LogP contribution in [0, 0.1) is 17.8 Å². The number of piperidine rings is 1. The van der Waals surface area contributed by atoms with E-state index in [9.17, 15) is 0 Å². The Morgan fingerprint density at radius 3 is 3.08 bits per heavy atom. The molecule has 0 spiro atoms. The van der Waals surface area contributed by atoms with E-state index in [1.54, 1.807) is 0 Å². The zero-order valence-electron chi connectivity index (χ0n) is 7.82. The summed E-state index contributed by atoms with van der Waals surface area (Å²) in [6, 6.07) is 0. The van der Waals surface area contributed by atoms with Crippen LogP contribution in [-0.2, 0) is 0 Å². The van der Waals surface area contributed by atoms with E-state index in [0.717, 1.165) is 25.4 Å². The van der Waals surface area contributed by atoms with Gasteiger partial charge in [0.25, 0.3) is 0 Å². The molecule has 0 aromatic carbocycles. The lowest BCUT2D eigenvalue weighted by Crippen LogP contribution is -2.29. The first-order chi connectivity index (χ1) is 5.93. The molecule has 1 rings (SSSR count). The van der Waals surface area contributed by atoms with Gasteiger partial charge in [0.05, 0.1) is 6.54 Å². The molecule has 0 aromatic heterocycles. The molecule has 0 bridgehead atoms. The monoisotopic (exact) mass is 166 g/mol. The van der Waals surface area contributed by atoms with Gasteiger partial charge in [-0.3, -0.25) is 0 Å². The summed E-state index contributed by atoms with van der Waals surface area (Å²) in [7, 11) is 1.93. The van der Waals surface area contributed by atoms with E-state index in [1.165, 1.54) is 19.4 Å². The lowest BCUT2D eigenvalue weighted by Gasteiger charge is -2.20. The van der Waals surface area contributed by atoms with Crippen molar-refractivity contribution < 1.29 is 0 Å². The van der Waals surface area contributed by atoms with Crippen LogP contribution in [0.2, 0.25) is 0 Å². The maximum Gasteiger partial charge on any atom is 0.0574 e. The molecule has 1 saturated heterocycles. The van der Waals surface area contributed by atoms with Crippen LogP contribution in [0.4, 0.5) is 0 Å². The quantitative estimate of drug-likeness (QED) is 0.587. The lowest BCUT2D eigenvalue weighted by atomic mass is 9.97. The summed E-state index contributed by atoms with van der Waals surface area (Å²) in [4.78, 5) is 0. The molecule has 2 nitrogen and oxygen atoms in total. The maximum atomic E-state index is 3.39. The molecule has 1 aliphatic rings. The second-order valence-corrected chi connectivity index (χ2v) is 3.30. The lowest BCUT2D eigenvalue weighted by molar-refractivity contribution is 0.384. The summed E-state index contributed by atoms with van der Waals surface area (Å²) in [6.45, 7) is 3.18. The van der Waals surface area contributed by atoms with Crippen molar-refractivity contribution in [3.05, 3.63) is 0 Å². The molecule has 1 fully saturated rings. The van der Waals surface area contributed by atoms with E-state index in [-0.39, 0.29) is 0 Å². The Morgan fingerprint density at radius 1 is 1.50 bits per heavy atom. The van der Waals surface area contributed by atoms with Crippen LogP contribution >= 0.6 is 0 Å². The highest BCUT2D eigenvalue weighted by atomic mass is 14.9. The molecule has 0 amide bonds. The first-order valence-corrected chi connectivity index (χ1v) is 4.74. The summed E-state index contributed by atoms with van der Waals surface area (Å²) >= 11 is 0. The van der Waals surface area contributed by atoms with Crippen LogP contribution in [0.15, 0.2) is 0 Å². The second kappa shape index (κ2) is 6.05. The van der Waals surface area contributed by atoms with Gasteiger partial charge in [0.1, 0.15) is 0 Å². The summed E-state index contributed by atoms with van der Waals surface area (Å²) < 4.78 is 0. The van der Waals surface area contributed by atoms with Crippen LogP contribution in [0.5, 0.6) is 0 Å². The van der Waals surface area contributed by atoms with Crippen molar-refractivity contribution in [1.29, 1.82) is 0 Å². The van der Waals surface area contributed by atoms with Gasteiger partial charge in [-0.1, -0.05) is 5.92 Å². The third kappa shape index (κ3) is 3.75. The zero-order valence-corrected chi connectivity index (χ0v) is 7.82. The highest BCUT2D eigenvalue weighted by Crippen LogP contribution is 2.12. The average molecular weight is 166 g/mol. The van der Waals surface area contributed by atoms with Gasteiger partial charge in [0.2, 0.25) is 0 Å². The Balaban J connectivity index is 2.09. The third-order valence-corrected chi connectivity index (χ3v) is 2.18. The number of nitrogens with one attached hydrogen (secondary N) is 2. The van der Waals surface area contributed by atoms with Gasteiger partial charge in [0, 0.05) is 6.42 Å². The number of rotatable bonds is 2. The molecule has 2 N–H and O–H groups in total. The van der Waals surface area contributed by atoms with E-state index in [0.29, 0.717) is 0 Å². The van der Waals surface area contributed by atoms with Gasteiger partial charge in [-0.25, -0.2) is 0 Å². The Morgan fingerprint density at radius 2 is 2.42 bits per heavy atom. The number of hydrogen-bond donors (Lipinski definition) is 2. The molecule has 1 heterocycles. The minimum absolute atomic E-state index is 0.795. The molecular formula is C10H18N2. The van der Waals surface area contributed by atoms with Gasteiger partial charge < -0.3 is 10.6 Å². The van der Waals surface area contributed by atoms with Crippen LogP contribution in [0.1, 0.15) is 19.3 Å². The van der Waals surface area contributed by atoms with Crippen molar-refractivity contribution in [3.8, 4) is 11.8 Å². The van der Waals surface area contributed by atoms with Gasteiger partial charge in [-0.05, 0) is 38.9 Å². The minimum atomic E-state index is 0.795. The third-order valence-electron chi connectivity index (χ3n) is 2.18. The van der Waals surface area contributed by atoms with Crippen molar-refractivity contribution in [2.24, 2.45) is 5.92 Å². The first-order valence-electron chi connectivity index (χ1n) is 4.74. The van der Waals surface area contributed by atoms with E-state index >= 15 is 0 Å².